The van der Waals surface area contributed by atoms with Crippen LogP contribution in [0.15, 0.2) is 11.1 Å². The first-order valence-corrected chi connectivity index (χ1v) is 4.23. The van der Waals surface area contributed by atoms with Crippen molar-refractivity contribution in [2.24, 2.45) is 5.92 Å². The molecule has 0 saturated heterocycles. The molecule has 0 aliphatic carbocycles. The van der Waals surface area contributed by atoms with Crippen LogP contribution >= 0.6 is 0 Å². The quantitative estimate of drug-likeness (QED) is 0.549. The zero-order valence-electron chi connectivity index (χ0n) is 8.24. The second-order valence-electron chi connectivity index (χ2n) is 3.60. The van der Waals surface area contributed by atoms with Crippen LogP contribution in [0.5, 0.6) is 0 Å². The molecule has 0 spiro atoms. The first kappa shape index (κ1) is 10.7. The number of allylic oxidation sites excluding steroid dienone is 2. The summed E-state index contributed by atoms with van der Waals surface area (Å²) in [4.78, 5) is 0. The lowest BCUT2D eigenvalue weighted by Crippen LogP contribution is -2.05. The fourth-order valence-electron chi connectivity index (χ4n) is 1.16. The Kier molecular flexibility index (Phi) is 4.39. The fraction of sp³-hybridized carbons (Fsp3) is 0.800. The van der Waals surface area contributed by atoms with Gasteiger partial charge in [-0.15, -0.1) is 0 Å². The topological polar surface area (TPSA) is 0 Å². The summed E-state index contributed by atoms with van der Waals surface area (Å²) < 4.78 is 12.6. The Hall–Kier alpha value is -0.330. The standard InChI is InChI=1S/C10H19F/c1-7(2)10(5)8(3)6-9(4)11/h8-9H,6H2,1-5H3. The average Bonchev–Trinajstić information content (AvgIpc) is 1.84. The van der Waals surface area contributed by atoms with E-state index in [0.717, 1.165) is 0 Å². The van der Waals surface area contributed by atoms with E-state index in [0.29, 0.717) is 12.3 Å². The van der Waals surface area contributed by atoms with Crippen LogP contribution in [0.3, 0.4) is 0 Å². The molecule has 0 rings (SSSR count). The van der Waals surface area contributed by atoms with Crippen LogP contribution in [0.1, 0.15) is 41.0 Å². The predicted octanol–water partition coefficient (Wildman–Crippen LogP) is 3.73. The molecule has 0 aromatic heterocycles. The number of rotatable bonds is 3. The van der Waals surface area contributed by atoms with Gasteiger partial charge in [-0.1, -0.05) is 18.1 Å². The van der Waals surface area contributed by atoms with E-state index in [9.17, 15) is 4.39 Å². The first-order chi connectivity index (χ1) is 4.95. The molecule has 0 fully saturated rings. The molecular weight excluding hydrogens is 139 g/mol. The normalized spacial score (nSPS) is 15.8. The van der Waals surface area contributed by atoms with E-state index >= 15 is 0 Å². The number of alkyl halides is 1. The molecule has 0 nitrogen and oxygen atoms in total. The van der Waals surface area contributed by atoms with Gasteiger partial charge in [0.05, 0.1) is 6.17 Å². The molecule has 2 unspecified atom stereocenters. The minimum Gasteiger partial charge on any atom is -0.248 e. The summed E-state index contributed by atoms with van der Waals surface area (Å²) in [7, 11) is 0. The van der Waals surface area contributed by atoms with Crippen molar-refractivity contribution >= 4 is 0 Å². The maximum atomic E-state index is 12.6. The molecule has 2 atom stereocenters. The Morgan fingerprint density at radius 2 is 1.64 bits per heavy atom. The molecule has 0 amide bonds. The van der Waals surface area contributed by atoms with Crippen molar-refractivity contribution in [2.75, 3.05) is 0 Å². The molecule has 0 bridgehead atoms. The highest BCUT2D eigenvalue weighted by Crippen LogP contribution is 2.20. The minimum atomic E-state index is -0.681. The maximum absolute atomic E-state index is 12.6. The molecule has 66 valence electrons. The largest absolute Gasteiger partial charge is 0.248 e. The SMILES string of the molecule is CC(C)=C(C)C(C)CC(C)F. The van der Waals surface area contributed by atoms with Crippen molar-refractivity contribution in [2.45, 2.75) is 47.2 Å². The van der Waals surface area contributed by atoms with Crippen molar-refractivity contribution in [1.29, 1.82) is 0 Å². The monoisotopic (exact) mass is 158 g/mol. The smallest absolute Gasteiger partial charge is 0.0979 e. The lowest BCUT2D eigenvalue weighted by Gasteiger charge is -2.14. The van der Waals surface area contributed by atoms with E-state index < -0.39 is 6.17 Å². The second kappa shape index (κ2) is 4.53. The summed E-state index contributed by atoms with van der Waals surface area (Å²) in [5, 5.41) is 0. The third kappa shape index (κ3) is 4.18. The van der Waals surface area contributed by atoms with Crippen molar-refractivity contribution in [3.05, 3.63) is 11.1 Å². The Bertz CT molecular complexity index is 141. The third-order valence-corrected chi connectivity index (χ3v) is 2.21. The molecule has 0 aliphatic rings. The Labute approximate surface area is 69.5 Å². The first-order valence-electron chi connectivity index (χ1n) is 4.23. The highest BCUT2D eigenvalue weighted by atomic mass is 19.1. The Morgan fingerprint density at radius 3 is 1.91 bits per heavy atom. The molecule has 0 aromatic rings. The number of halogens is 1. The van der Waals surface area contributed by atoms with Gasteiger partial charge in [0.15, 0.2) is 0 Å². The predicted molar refractivity (Wildman–Crippen MR) is 48.4 cm³/mol. The van der Waals surface area contributed by atoms with E-state index in [1.807, 2.05) is 0 Å². The average molecular weight is 158 g/mol. The van der Waals surface area contributed by atoms with Crippen molar-refractivity contribution in [1.82, 2.24) is 0 Å². The van der Waals surface area contributed by atoms with E-state index in [2.05, 4.69) is 27.7 Å². The molecule has 0 aromatic carbocycles. The van der Waals surface area contributed by atoms with Crippen LogP contribution < -0.4 is 0 Å². The lowest BCUT2D eigenvalue weighted by atomic mass is 9.94. The summed E-state index contributed by atoms with van der Waals surface area (Å²) in [6.45, 7) is 9.94. The molecule has 1 heteroatoms. The van der Waals surface area contributed by atoms with Crippen LogP contribution in [0.4, 0.5) is 4.39 Å². The van der Waals surface area contributed by atoms with Gasteiger partial charge in [0.2, 0.25) is 0 Å². The number of hydrogen-bond acceptors (Lipinski definition) is 0. The van der Waals surface area contributed by atoms with Gasteiger partial charge in [-0.3, -0.25) is 0 Å². The van der Waals surface area contributed by atoms with Gasteiger partial charge < -0.3 is 0 Å². The highest BCUT2D eigenvalue weighted by Gasteiger charge is 2.09. The minimum absolute atomic E-state index is 0.389. The molecule has 0 heterocycles. The molecule has 0 radical (unpaired) electrons. The summed E-state index contributed by atoms with van der Waals surface area (Å²) in [6.07, 6.45) is -0.0314. The zero-order valence-corrected chi connectivity index (χ0v) is 8.24. The highest BCUT2D eigenvalue weighted by molar-refractivity contribution is 5.09. The lowest BCUT2D eigenvalue weighted by molar-refractivity contribution is 0.311. The van der Waals surface area contributed by atoms with Gasteiger partial charge >= 0.3 is 0 Å². The summed E-state index contributed by atoms with van der Waals surface area (Å²) in [5.41, 5.74) is 2.65. The molecule has 0 aliphatic heterocycles. The van der Waals surface area contributed by atoms with Crippen LogP contribution in [0, 0.1) is 5.92 Å². The van der Waals surface area contributed by atoms with Gasteiger partial charge in [-0.05, 0) is 40.0 Å². The summed E-state index contributed by atoms with van der Waals surface area (Å²) in [6, 6.07) is 0. The third-order valence-electron chi connectivity index (χ3n) is 2.21. The zero-order chi connectivity index (χ0) is 9.02. The Balaban J connectivity index is 4.04. The van der Waals surface area contributed by atoms with Crippen molar-refractivity contribution in [3.63, 3.8) is 0 Å². The summed E-state index contributed by atoms with van der Waals surface area (Å²) in [5.74, 6) is 0.389. The van der Waals surface area contributed by atoms with Crippen LogP contribution in [-0.2, 0) is 0 Å². The van der Waals surface area contributed by atoms with Crippen molar-refractivity contribution in [3.8, 4) is 0 Å². The van der Waals surface area contributed by atoms with E-state index in [1.54, 1.807) is 6.92 Å². The molecular formula is C10H19F. The van der Waals surface area contributed by atoms with Gasteiger partial charge in [0, 0.05) is 0 Å². The molecule has 0 N–H and O–H groups in total. The second-order valence-corrected chi connectivity index (χ2v) is 3.60. The van der Waals surface area contributed by atoms with Crippen LogP contribution in [-0.4, -0.2) is 6.17 Å². The van der Waals surface area contributed by atoms with E-state index in [-0.39, 0.29) is 0 Å². The maximum Gasteiger partial charge on any atom is 0.0979 e. The van der Waals surface area contributed by atoms with E-state index in [4.69, 9.17) is 0 Å². The van der Waals surface area contributed by atoms with Gasteiger partial charge in [-0.2, -0.15) is 0 Å². The van der Waals surface area contributed by atoms with Crippen LogP contribution in [0.2, 0.25) is 0 Å². The van der Waals surface area contributed by atoms with Gasteiger partial charge in [-0.25, -0.2) is 4.39 Å². The van der Waals surface area contributed by atoms with Gasteiger partial charge in [0.1, 0.15) is 0 Å². The fourth-order valence-corrected chi connectivity index (χ4v) is 1.16. The molecule has 11 heavy (non-hydrogen) atoms. The molecule has 0 saturated carbocycles. The van der Waals surface area contributed by atoms with Crippen molar-refractivity contribution < 1.29 is 4.39 Å². The van der Waals surface area contributed by atoms with E-state index in [1.165, 1.54) is 11.1 Å². The van der Waals surface area contributed by atoms with Gasteiger partial charge in [0.25, 0.3) is 0 Å². The number of hydrogen-bond donors (Lipinski definition) is 0. The van der Waals surface area contributed by atoms with Crippen LogP contribution in [0.25, 0.3) is 0 Å². The summed E-state index contributed by atoms with van der Waals surface area (Å²) >= 11 is 0. The Morgan fingerprint density at radius 1 is 1.18 bits per heavy atom.